The number of benzene rings is 1. The van der Waals surface area contributed by atoms with Crippen molar-refractivity contribution in [2.75, 3.05) is 26.2 Å². The lowest BCUT2D eigenvalue weighted by molar-refractivity contribution is -0.127. The van der Waals surface area contributed by atoms with Gasteiger partial charge in [-0.3, -0.25) is 4.79 Å². The Labute approximate surface area is 166 Å². The van der Waals surface area contributed by atoms with Gasteiger partial charge < -0.3 is 9.32 Å². The van der Waals surface area contributed by atoms with Crippen molar-refractivity contribution in [1.29, 1.82) is 0 Å². The predicted molar refractivity (Wildman–Crippen MR) is 108 cm³/mol. The normalized spacial score (nSPS) is 17.1. The summed E-state index contributed by atoms with van der Waals surface area (Å²) in [5.41, 5.74) is 1.14. The van der Waals surface area contributed by atoms with E-state index >= 15 is 0 Å². The van der Waals surface area contributed by atoms with Crippen molar-refractivity contribution in [3.05, 3.63) is 60.1 Å². The summed E-state index contributed by atoms with van der Waals surface area (Å²) in [5.74, 6) is 0.863. The molecule has 1 unspecified atom stereocenters. The van der Waals surface area contributed by atoms with E-state index in [0.29, 0.717) is 29.7 Å². The Kier molecular flexibility index (Phi) is 6.36. The van der Waals surface area contributed by atoms with E-state index in [2.05, 4.69) is 13.8 Å². The fourth-order valence-corrected chi connectivity index (χ4v) is 4.57. The number of rotatable bonds is 6. The van der Waals surface area contributed by atoms with Crippen LogP contribution in [-0.2, 0) is 14.8 Å². The Balaban J connectivity index is 1.61. The molecule has 1 fully saturated rings. The molecular formula is C21H26N2O4S. The molecule has 1 saturated heterocycles. The van der Waals surface area contributed by atoms with Gasteiger partial charge in [0, 0.05) is 32.3 Å². The highest BCUT2D eigenvalue weighted by molar-refractivity contribution is 7.89. The third-order valence-electron chi connectivity index (χ3n) is 5.18. The van der Waals surface area contributed by atoms with E-state index in [1.807, 2.05) is 12.1 Å². The van der Waals surface area contributed by atoms with Gasteiger partial charge in [-0.05, 0) is 48.2 Å². The third-order valence-corrected chi connectivity index (χ3v) is 7.10. The van der Waals surface area contributed by atoms with Crippen LogP contribution in [0.5, 0.6) is 0 Å². The zero-order chi connectivity index (χ0) is 20.1. The van der Waals surface area contributed by atoms with Gasteiger partial charge in [0.1, 0.15) is 5.76 Å². The molecular weight excluding hydrogens is 376 g/mol. The summed E-state index contributed by atoms with van der Waals surface area (Å²) in [4.78, 5) is 14.2. The summed E-state index contributed by atoms with van der Waals surface area (Å²) in [6.45, 7) is 5.54. The van der Waals surface area contributed by atoms with Crippen LogP contribution in [0, 0.1) is 0 Å². The number of carbonyl (C=O) groups excluding carboxylic acids is 1. The molecule has 6 nitrogen and oxygen atoms in total. The molecule has 1 amide bonds. The molecule has 0 N–H and O–H groups in total. The standard InChI is InChI=1S/C21H26N2O4S/c1-3-17(2)18-6-9-20(10-7-18)28(25,26)23-14-12-22(13-15-23)21(24)11-8-19-5-4-16-27-19/h4-11,16-17H,3,12-15H2,1-2H3/b11-8+. The summed E-state index contributed by atoms with van der Waals surface area (Å²) in [6.07, 6.45) is 5.63. The summed E-state index contributed by atoms with van der Waals surface area (Å²) >= 11 is 0. The first-order valence-corrected chi connectivity index (χ1v) is 11.0. The number of sulfonamides is 1. The van der Waals surface area contributed by atoms with Crippen molar-refractivity contribution in [2.24, 2.45) is 0 Å². The van der Waals surface area contributed by atoms with Crippen LogP contribution in [0.4, 0.5) is 0 Å². The smallest absolute Gasteiger partial charge is 0.246 e. The van der Waals surface area contributed by atoms with Crippen LogP contribution in [0.15, 0.2) is 58.1 Å². The lowest BCUT2D eigenvalue weighted by Crippen LogP contribution is -2.50. The molecule has 28 heavy (non-hydrogen) atoms. The minimum atomic E-state index is -3.55. The molecule has 2 heterocycles. The summed E-state index contributed by atoms with van der Waals surface area (Å²) in [5, 5.41) is 0. The van der Waals surface area contributed by atoms with Crippen LogP contribution in [0.3, 0.4) is 0 Å². The molecule has 0 bridgehead atoms. The zero-order valence-electron chi connectivity index (χ0n) is 16.2. The molecule has 0 spiro atoms. The Hall–Kier alpha value is -2.38. The topological polar surface area (TPSA) is 70.8 Å². The summed E-state index contributed by atoms with van der Waals surface area (Å²) in [6, 6.07) is 10.7. The molecule has 0 aliphatic carbocycles. The first kappa shape index (κ1) is 20.4. The van der Waals surface area contributed by atoms with Gasteiger partial charge in [-0.15, -0.1) is 0 Å². The Morgan fingerprint density at radius 1 is 1.14 bits per heavy atom. The maximum atomic E-state index is 12.9. The quantitative estimate of drug-likeness (QED) is 0.695. The molecule has 1 aliphatic heterocycles. The molecule has 150 valence electrons. The maximum Gasteiger partial charge on any atom is 0.246 e. The Morgan fingerprint density at radius 3 is 2.39 bits per heavy atom. The minimum Gasteiger partial charge on any atom is -0.465 e. The van der Waals surface area contributed by atoms with Gasteiger partial charge in [-0.25, -0.2) is 8.42 Å². The van der Waals surface area contributed by atoms with Crippen molar-refractivity contribution < 1.29 is 17.6 Å². The average Bonchev–Trinajstić information content (AvgIpc) is 3.25. The van der Waals surface area contributed by atoms with Crippen molar-refractivity contribution in [1.82, 2.24) is 9.21 Å². The number of piperazine rings is 1. The van der Waals surface area contributed by atoms with Crippen molar-refractivity contribution in [3.8, 4) is 0 Å². The lowest BCUT2D eigenvalue weighted by Gasteiger charge is -2.33. The molecule has 7 heteroatoms. The van der Waals surface area contributed by atoms with Crippen LogP contribution >= 0.6 is 0 Å². The largest absolute Gasteiger partial charge is 0.465 e. The van der Waals surface area contributed by atoms with Crippen molar-refractivity contribution in [2.45, 2.75) is 31.1 Å². The van der Waals surface area contributed by atoms with Crippen LogP contribution in [-0.4, -0.2) is 49.7 Å². The first-order valence-electron chi connectivity index (χ1n) is 9.52. The number of hydrogen-bond donors (Lipinski definition) is 0. The number of amides is 1. The van der Waals surface area contributed by atoms with Crippen LogP contribution in [0.2, 0.25) is 0 Å². The van der Waals surface area contributed by atoms with Gasteiger partial charge in [0.2, 0.25) is 15.9 Å². The second kappa shape index (κ2) is 8.75. The van der Waals surface area contributed by atoms with E-state index in [1.165, 1.54) is 10.4 Å². The highest BCUT2D eigenvalue weighted by atomic mass is 32.2. The number of nitrogens with zero attached hydrogens (tertiary/aromatic N) is 2. The van der Waals surface area contributed by atoms with Crippen molar-refractivity contribution >= 4 is 22.0 Å². The monoisotopic (exact) mass is 402 g/mol. The SMILES string of the molecule is CCC(C)c1ccc(S(=O)(=O)N2CCN(C(=O)/C=C/c3ccco3)CC2)cc1. The molecule has 2 aromatic rings. The van der Waals surface area contributed by atoms with E-state index in [-0.39, 0.29) is 19.0 Å². The molecule has 1 aliphatic rings. The van der Waals surface area contributed by atoms with E-state index in [1.54, 1.807) is 41.5 Å². The number of furan rings is 1. The lowest BCUT2D eigenvalue weighted by atomic mass is 9.99. The first-order chi connectivity index (χ1) is 13.4. The highest BCUT2D eigenvalue weighted by Gasteiger charge is 2.29. The van der Waals surface area contributed by atoms with E-state index in [0.717, 1.165) is 12.0 Å². The Morgan fingerprint density at radius 2 is 1.82 bits per heavy atom. The van der Waals surface area contributed by atoms with Crippen molar-refractivity contribution in [3.63, 3.8) is 0 Å². The van der Waals surface area contributed by atoms with Crippen LogP contribution in [0.1, 0.15) is 37.5 Å². The maximum absolute atomic E-state index is 12.9. The second-order valence-electron chi connectivity index (χ2n) is 6.96. The van der Waals surface area contributed by atoms with Gasteiger partial charge in [0.25, 0.3) is 0 Å². The van der Waals surface area contributed by atoms with Crippen LogP contribution in [0.25, 0.3) is 6.08 Å². The second-order valence-corrected chi connectivity index (χ2v) is 8.89. The van der Waals surface area contributed by atoms with Gasteiger partial charge in [-0.2, -0.15) is 4.31 Å². The van der Waals surface area contributed by atoms with Gasteiger partial charge in [-0.1, -0.05) is 26.0 Å². The van der Waals surface area contributed by atoms with Gasteiger partial charge >= 0.3 is 0 Å². The Bertz CT molecular complexity index is 910. The summed E-state index contributed by atoms with van der Waals surface area (Å²) in [7, 11) is -3.55. The summed E-state index contributed by atoms with van der Waals surface area (Å²) < 4.78 is 32.4. The predicted octanol–water partition coefficient (Wildman–Crippen LogP) is 3.34. The highest BCUT2D eigenvalue weighted by Crippen LogP contribution is 2.23. The zero-order valence-corrected chi connectivity index (χ0v) is 17.1. The number of carbonyl (C=O) groups is 1. The van der Waals surface area contributed by atoms with Crippen LogP contribution < -0.4 is 0 Å². The third kappa shape index (κ3) is 4.54. The fraction of sp³-hybridized carbons (Fsp3) is 0.381. The van der Waals surface area contributed by atoms with Gasteiger partial charge in [0.05, 0.1) is 11.2 Å². The fourth-order valence-electron chi connectivity index (χ4n) is 3.15. The minimum absolute atomic E-state index is 0.147. The van der Waals surface area contributed by atoms with E-state index < -0.39 is 10.0 Å². The van der Waals surface area contributed by atoms with E-state index in [4.69, 9.17) is 4.42 Å². The van der Waals surface area contributed by atoms with Gasteiger partial charge in [0.15, 0.2) is 0 Å². The average molecular weight is 403 g/mol. The molecule has 0 radical (unpaired) electrons. The number of hydrogen-bond acceptors (Lipinski definition) is 4. The van der Waals surface area contributed by atoms with E-state index in [9.17, 15) is 13.2 Å². The molecule has 1 atom stereocenters. The molecule has 1 aromatic heterocycles. The molecule has 3 rings (SSSR count). The molecule has 1 aromatic carbocycles. The molecule has 0 saturated carbocycles.